The van der Waals surface area contributed by atoms with E-state index in [1.807, 2.05) is 0 Å². The monoisotopic (exact) mass is 1620 g/mol. The van der Waals surface area contributed by atoms with Crippen molar-refractivity contribution in [3.63, 3.8) is 0 Å². The van der Waals surface area contributed by atoms with Crippen molar-refractivity contribution in [2.24, 2.45) is 16.6 Å². The van der Waals surface area contributed by atoms with Crippen molar-refractivity contribution in [3.8, 4) is 0 Å². The van der Waals surface area contributed by atoms with Crippen LogP contribution in [0, 0.1) is 10.8 Å². The van der Waals surface area contributed by atoms with Gasteiger partial charge in [-0.2, -0.15) is 13.5 Å². The van der Waals surface area contributed by atoms with Gasteiger partial charge in [-0.1, -0.05) is 78.9 Å². The summed E-state index contributed by atoms with van der Waals surface area (Å²) >= 11 is 0. The van der Waals surface area contributed by atoms with Gasteiger partial charge >= 0.3 is 11.9 Å². The number of hydrazone groups is 1. The van der Waals surface area contributed by atoms with Gasteiger partial charge < -0.3 is 101 Å². The summed E-state index contributed by atoms with van der Waals surface area (Å²) in [5.74, 6) is -15.5. The Hall–Kier alpha value is -13.2. The minimum atomic E-state index is -4.62. The van der Waals surface area contributed by atoms with Gasteiger partial charge in [0.15, 0.2) is 11.9 Å². The zero-order valence-corrected chi connectivity index (χ0v) is 63.2. The van der Waals surface area contributed by atoms with Gasteiger partial charge in [0.2, 0.25) is 70.9 Å². The minimum Gasteiger partial charge on any atom is -0.481 e. The second-order valence-electron chi connectivity index (χ2n) is 26.6. The zero-order chi connectivity index (χ0) is 84.0. The summed E-state index contributed by atoms with van der Waals surface area (Å²) in [7, 11) is -4.62. The van der Waals surface area contributed by atoms with Crippen molar-refractivity contribution in [1.29, 1.82) is 10.8 Å². The predicted octanol–water partition coefficient (Wildman–Crippen LogP) is -4.67. The maximum Gasteiger partial charge on any atom is 0.305 e. The van der Waals surface area contributed by atoms with E-state index in [2.05, 4.69) is 95.3 Å². The molecular weight excluding hydrogens is 1520 g/mol. The number of anilines is 1. The molecule has 3 aromatic carbocycles. The molecule has 13 amide bonds. The van der Waals surface area contributed by atoms with Gasteiger partial charge in [0.1, 0.15) is 65.1 Å². The Balaban J connectivity index is 1.19. The molecule has 0 bridgehead atoms. The number of amides is 13. The molecule has 25 N–H and O–H groups in total. The van der Waals surface area contributed by atoms with Crippen LogP contribution in [-0.4, -0.2) is 229 Å². The Kier molecular flexibility index (Phi) is 36.7. The molecule has 2 saturated heterocycles. The van der Waals surface area contributed by atoms with Crippen LogP contribution in [-0.2, 0) is 90.1 Å². The molecule has 620 valence electrons. The van der Waals surface area contributed by atoms with Gasteiger partial charge in [-0.05, 0) is 100.0 Å². The molecule has 4 aromatic rings. The first-order valence-electron chi connectivity index (χ1n) is 36.6. The van der Waals surface area contributed by atoms with Gasteiger partial charge in [0.25, 0.3) is 16.0 Å². The fourth-order valence-corrected chi connectivity index (χ4v) is 12.4. The fraction of sp³-hybridized carbons (Fsp3) is 0.431. The highest BCUT2D eigenvalue weighted by molar-refractivity contribution is 7.86. The van der Waals surface area contributed by atoms with Crippen LogP contribution in [0.3, 0.4) is 0 Å². The SMILES string of the molecule is N=C(N)NCCC[C@@H]1NC(=O)CNC(=O)[C@@H](CC(=O)O)NC(=O)[C@@H](Cc2ccccc2)NC(=O)C(CCCCNC(=O)C(CCC(=O)NCCCC[C@H]2NC(=O)[C@H](CCCNC(=N)N)NC(=O)CNC(=O)C(CC(=O)O)NC(=O)[C@@H](Cc3ccccc3)NC2=O)NC(=O)c2ccc(NN=Cc3ccccc3S(=O)(=O)O)nc2)NC1=O. The van der Waals surface area contributed by atoms with Gasteiger partial charge in [-0.25, -0.2) is 4.98 Å². The number of hydrogen-bond donors (Lipinski definition) is 23. The van der Waals surface area contributed by atoms with Crippen LogP contribution in [0.15, 0.2) is 113 Å². The molecule has 0 spiro atoms. The Labute approximate surface area is 659 Å². The minimum absolute atomic E-state index is 0.0239. The standard InChI is InChI=1S/C72H96N22O20S/c73-71(74)79-31-13-22-45-65(106)88-47(67(108)90-50(33-41-15-3-1-4-16-41)69(110)92-52(35-59(98)99)63(104)82-39-57(96)85-45)20-9-11-29-77-56(95)28-26-49(87-61(102)44-25-27-55(81-37-44)94-84-38-43-19-7-8-24-54(43)115(112,113)114)62(103)78-30-12-10-21-48-68(109)91-51(34-42-17-5-2-6-18-42)70(111)93-53(36-60(100)101)64(105)83-40-58(97)86-46(66(107)89-48)23-14-32-80-72(75)76/h1-8,15-19,24-25,27,37-38,45-53H,9-14,20-23,26,28-36,39-40H2,(H,77,95)(H,78,103)(H,81,94)(H,82,104)(H,83,105)(H,85,96)(H,86,97)(H,87,102)(H,88,106)(H,89,107)(H,90,108)(H,91,109)(H,92,110)(H,93,111)(H,98,99)(H,100,101)(H4,73,74,79)(H4,75,76,80)(H,112,113,114)/t45-,46-,47+,48?,49?,50+,51+,52?,53+/m0/s1. The molecule has 2 fully saturated rings. The van der Waals surface area contributed by atoms with Crippen molar-refractivity contribution in [3.05, 3.63) is 126 Å². The lowest BCUT2D eigenvalue weighted by Gasteiger charge is -2.26. The molecule has 43 heteroatoms. The summed E-state index contributed by atoms with van der Waals surface area (Å²) in [6.07, 6.45) is -0.711. The average molecular weight is 1620 g/mol. The summed E-state index contributed by atoms with van der Waals surface area (Å²) in [5, 5.41) is 76.4. The molecule has 2 aliphatic heterocycles. The van der Waals surface area contributed by atoms with Gasteiger partial charge in [0.05, 0.1) is 37.7 Å². The molecule has 3 unspecified atom stereocenters. The first-order valence-corrected chi connectivity index (χ1v) is 38.1. The van der Waals surface area contributed by atoms with Crippen molar-refractivity contribution in [2.45, 2.75) is 162 Å². The highest BCUT2D eigenvalue weighted by Gasteiger charge is 2.36. The first-order chi connectivity index (χ1) is 54.8. The van der Waals surface area contributed by atoms with E-state index in [0.717, 1.165) is 18.5 Å². The molecule has 115 heavy (non-hydrogen) atoms. The van der Waals surface area contributed by atoms with E-state index in [9.17, 15) is 95.1 Å². The van der Waals surface area contributed by atoms with E-state index in [-0.39, 0.29) is 139 Å². The number of nitrogens with two attached hydrogens (primary N) is 2. The summed E-state index contributed by atoms with van der Waals surface area (Å²) in [4.78, 5) is 208. The van der Waals surface area contributed by atoms with Crippen LogP contribution >= 0.6 is 0 Å². The van der Waals surface area contributed by atoms with Crippen LogP contribution in [0.4, 0.5) is 5.82 Å². The number of unbranched alkanes of at least 4 members (excludes halogenated alkanes) is 2. The third kappa shape index (κ3) is 32.9. The topological polar surface area (TPSA) is 668 Å². The van der Waals surface area contributed by atoms with Crippen LogP contribution in [0.1, 0.15) is 117 Å². The summed E-state index contributed by atoms with van der Waals surface area (Å²) in [5.41, 5.74) is 14.4. The lowest BCUT2D eigenvalue weighted by Crippen LogP contribution is -2.58. The molecule has 6 rings (SSSR count). The van der Waals surface area contributed by atoms with E-state index >= 15 is 0 Å². The highest BCUT2D eigenvalue weighted by Crippen LogP contribution is 2.16. The largest absolute Gasteiger partial charge is 0.481 e. The predicted molar refractivity (Wildman–Crippen MR) is 410 cm³/mol. The third-order valence-corrected chi connectivity index (χ3v) is 18.5. The van der Waals surface area contributed by atoms with Crippen molar-refractivity contribution in [1.82, 2.24) is 84.7 Å². The number of nitrogens with zero attached hydrogens (tertiary/aromatic N) is 2. The number of carbonyl (C=O) groups excluding carboxylic acids is 13. The second kappa shape index (κ2) is 46.6. The number of rotatable bonds is 36. The molecule has 2 aliphatic rings. The van der Waals surface area contributed by atoms with Crippen LogP contribution in [0.2, 0.25) is 0 Å². The summed E-state index contributed by atoms with van der Waals surface area (Å²) in [6.45, 7) is -1.62. The highest BCUT2D eigenvalue weighted by atomic mass is 32.2. The molecule has 0 aliphatic carbocycles. The van der Waals surface area contributed by atoms with Crippen LogP contribution in [0.5, 0.6) is 0 Å². The van der Waals surface area contributed by atoms with Crippen LogP contribution < -0.4 is 96.6 Å². The number of nitrogens with one attached hydrogen (secondary N) is 18. The molecule has 1 aromatic heterocycles. The Bertz CT molecular complexity index is 4280. The normalized spacial score (nSPS) is 19.8. The number of benzene rings is 3. The Morgan fingerprint density at radius 1 is 0.504 bits per heavy atom. The summed E-state index contributed by atoms with van der Waals surface area (Å²) < 4.78 is 33.5. The number of guanidine groups is 2. The van der Waals surface area contributed by atoms with E-state index in [0.29, 0.717) is 11.1 Å². The van der Waals surface area contributed by atoms with Gasteiger partial charge in [-0.3, -0.25) is 92.7 Å². The van der Waals surface area contributed by atoms with E-state index in [1.54, 1.807) is 60.7 Å². The van der Waals surface area contributed by atoms with Gasteiger partial charge in [0, 0.05) is 57.2 Å². The average Bonchev–Trinajstić information content (AvgIpc) is 1.56. The molecule has 0 radical (unpaired) electrons. The lowest BCUT2D eigenvalue weighted by atomic mass is 10.0. The first kappa shape index (κ1) is 90.7. The van der Waals surface area contributed by atoms with E-state index in [4.69, 9.17) is 22.3 Å². The smallest absolute Gasteiger partial charge is 0.305 e. The van der Waals surface area contributed by atoms with Crippen molar-refractivity contribution in [2.75, 3.05) is 44.7 Å². The molecular formula is C72H96N22O20S. The molecule has 42 nitrogen and oxygen atoms in total. The number of carboxylic acids is 2. The Morgan fingerprint density at radius 3 is 1.36 bits per heavy atom. The molecule has 0 saturated carbocycles. The Morgan fingerprint density at radius 2 is 0.913 bits per heavy atom. The van der Waals surface area contributed by atoms with Gasteiger partial charge in [-0.15, -0.1) is 0 Å². The van der Waals surface area contributed by atoms with Crippen molar-refractivity contribution >= 4 is 123 Å². The van der Waals surface area contributed by atoms with Crippen LogP contribution in [0.25, 0.3) is 0 Å². The number of aliphatic carboxylic acids is 2. The van der Waals surface area contributed by atoms with E-state index < -0.39 is 190 Å². The zero-order valence-electron chi connectivity index (χ0n) is 62.4. The molecule has 3 heterocycles. The number of hydrogen-bond acceptors (Lipinski definition) is 22. The number of pyridine rings is 1. The quantitative estimate of drug-likeness (QED) is 0.00669. The number of carboxylic acid groups (broad SMARTS) is 2. The third-order valence-electron chi connectivity index (χ3n) is 17.6. The maximum atomic E-state index is 14.5. The fourth-order valence-electron chi connectivity index (χ4n) is 11.7. The maximum absolute atomic E-state index is 14.5. The van der Waals surface area contributed by atoms with E-state index in [1.165, 1.54) is 30.3 Å². The summed E-state index contributed by atoms with van der Waals surface area (Å²) in [6, 6.07) is 11.1. The lowest BCUT2D eigenvalue weighted by molar-refractivity contribution is -0.141. The van der Waals surface area contributed by atoms with Crippen molar-refractivity contribution < 1.29 is 95.1 Å². The second-order valence-corrected chi connectivity index (χ2v) is 28.0. The number of aromatic nitrogens is 1. The molecule has 9 atom stereocenters. The number of carbonyl (C=O) groups is 15.